The molecule has 1 aromatic carbocycles. The van der Waals surface area contributed by atoms with Crippen molar-refractivity contribution in [2.75, 3.05) is 31.1 Å². The number of anilines is 1. The van der Waals surface area contributed by atoms with Gasteiger partial charge >= 0.3 is 0 Å². The van der Waals surface area contributed by atoms with Crippen LogP contribution in [0.15, 0.2) is 49.4 Å². The van der Waals surface area contributed by atoms with Crippen LogP contribution in [-0.2, 0) is 7.05 Å². The third-order valence-electron chi connectivity index (χ3n) is 5.02. The highest BCUT2D eigenvalue weighted by molar-refractivity contribution is 5.96. The quantitative estimate of drug-likeness (QED) is 0.588. The highest BCUT2D eigenvalue weighted by atomic mass is 15.2. The molecule has 5 rings (SSSR count). The van der Waals surface area contributed by atoms with Crippen molar-refractivity contribution in [3.05, 3.63) is 49.4 Å². The van der Waals surface area contributed by atoms with Crippen LogP contribution in [-0.4, -0.2) is 55.9 Å². The van der Waals surface area contributed by atoms with Gasteiger partial charge in [0.2, 0.25) is 0 Å². The zero-order valence-corrected chi connectivity index (χ0v) is 15.6. The predicted octanol–water partition coefficient (Wildman–Crippen LogP) is 1.90. The Morgan fingerprint density at radius 2 is 1.82 bits per heavy atom. The number of fused-ring (bicyclic) bond motifs is 1. The number of nitrogens with one attached hydrogen (secondary N) is 1. The number of rotatable bonds is 3. The third-order valence-corrected chi connectivity index (χ3v) is 5.02. The van der Waals surface area contributed by atoms with Gasteiger partial charge in [-0.3, -0.25) is 9.67 Å². The lowest BCUT2D eigenvalue weighted by Crippen LogP contribution is -2.43. The van der Waals surface area contributed by atoms with Gasteiger partial charge < -0.3 is 10.2 Å². The molecule has 0 spiro atoms. The molecule has 1 aliphatic heterocycles. The van der Waals surface area contributed by atoms with Gasteiger partial charge in [-0.15, -0.1) is 0 Å². The van der Waals surface area contributed by atoms with E-state index in [0.29, 0.717) is 0 Å². The molecule has 3 aromatic heterocycles. The Hall–Kier alpha value is -3.39. The number of hydrogen-bond donors (Lipinski definition) is 1. The lowest BCUT2D eigenvalue weighted by atomic mass is 10.00. The fraction of sp³-hybridized carbons (Fsp3) is 0.250. The molecule has 4 heterocycles. The van der Waals surface area contributed by atoms with Crippen LogP contribution in [0.25, 0.3) is 33.3 Å². The second kappa shape index (κ2) is 6.97. The van der Waals surface area contributed by atoms with Crippen molar-refractivity contribution >= 4 is 16.7 Å². The predicted molar refractivity (Wildman–Crippen MR) is 108 cm³/mol. The second-order valence-corrected chi connectivity index (χ2v) is 6.88. The molecule has 1 aliphatic rings. The van der Waals surface area contributed by atoms with E-state index in [1.165, 1.54) is 0 Å². The van der Waals surface area contributed by atoms with Gasteiger partial charge in [-0.1, -0.05) is 0 Å². The lowest BCUT2D eigenvalue weighted by Gasteiger charge is -2.28. The van der Waals surface area contributed by atoms with Crippen LogP contribution < -0.4 is 10.2 Å². The molecular formula is C20H20N8. The molecule has 8 heteroatoms. The SMILES string of the molecule is Cn1cc(-c2cc(-c3cnc(N4CCNCC4)cn3)c3cncnc3c2)cn1. The molecule has 8 nitrogen and oxygen atoms in total. The molecule has 0 saturated carbocycles. The van der Waals surface area contributed by atoms with Crippen LogP contribution in [0.3, 0.4) is 0 Å². The Morgan fingerprint density at radius 1 is 0.929 bits per heavy atom. The maximum absolute atomic E-state index is 4.71. The molecule has 1 saturated heterocycles. The molecule has 0 bridgehead atoms. The first-order valence-corrected chi connectivity index (χ1v) is 9.29. The summed E-state index contributed by atoms with van der Waals surface area (Å²) in [5.74, 6) is 0.911. The van der Waals surface area contributed by atoms with E-state index in [1.54, 1.807) is 11.0 Å². The zero-order valence-electron chi connectivity index (χ0n) is 15.6. The Bertz CT molecular complexity index is 1110. The molecule has 0 amide bonds. The van der Waals surface area contributed by atoms with Crippen molar-refractivity contribution in [1.82, 2.24) is 35.0 Å². The molecule has 4 aromatic rings. The fourth-order valence-electron chi connectivity index (χ4n) is 3.55. The summed E-state index contributed by atoms with van der Waals surface area (Å²) < 4.78 is 1.79. The van der Waals surface area contributed by atoms with E-state index >= 15 is 0 Å². The van der Waals surface area contributed by atoms with Gasteiger partial charge in [0, 0.05) is 62.1 Å². The Labute approximate surface area is 162 Å². The van der Waals surface area contributed by atoms with E-state index in [1.807, 2.05) is 38.0 Å². The standard InChI is InChI=1S/C20H20N8/c1-27-12-15(8-26-27)14-6-16(17-9-22-13-25-18(17)7-14)19-10-24-20(11-23-19)28-4-2-21-3-5-28/h6-13,21H,2-5H2,1H3. The summed E-state index contributed by atoms with van der Waals surface area (Å²) in [7, 11) is 1.91. The van der Waals surface area contributed by atoms with Crippen molar-refractivity contribution in [2.24, 2.45) is 7.05 Å². The van der Waals surface area contributed by atoms with Gasteiger partial charge in [0.1, 0.15) is 12.1 Å². The summed E-state index contributed by atoms with van der Waals surface area (Å²) in [5, 5.41) is 8.60. The van der Waals surface area contributed by atoms with Gasteiger partial charge in [-0.2, -0.15) is 5.10 Å². The monoisotopic (exact) mass is 372 g/mol. The molecule has 0 radical (unpaired) electrons. The largest absolute Gasteiger partial charge is 0.353 e. The number of hydrogen-bond acceptors (Lipinski definition) is 7. The Kier molecular flexibility index (Phi) is 4.17. The average molecular weight is 372 g/mol. The van der Waals surface area contributed by atoms with E-state index in [2.05, 4.69) is 42.4 Å². The first-order chi connectivity index (χ1) is 13.8. The van der Waals surface area contributed by atoms with Crippen molar-refractivity contribution in [3.8, 4) is 22.4 Å². The van der Waals surface area contributed by atoms with Crippen molar-refractivity contribution in [3.63, 3.8) is 0 Å². The minimum Gasteiger partial charge on any atom is -0.353 e. The average Bonchev–Trinajstić information content (AvgIpc) is 3.20. The van der Waals surface area contributed by atoms with Gasteiger partial charge in [-0.25, -0.2) is 15.0 Å². The lowest BCUT2D eigenvalue weighted by molar-refractivity contribution is 0.584. The van der Waals surface area contributed by atoms with Crippen LogP contribution >= 0.6 is 0 Å². The summed E-state index contributed by atoms with van der Waals surface area (Å²) >= 11 is 0. The van der Waals surface area contributed by atoms with E-state index in [0.717, 1.165) is 65.3 Å². The fourth-order valence-corrected chi connectivity index (χ4v) is 3.55. The van der Waals surface area contributed by atoms with Crippen LogP contribution in [0.1, 0.15) is 0 Å². The van der Waals surface area contributed by atoms with Crippen molar-refractivity contribution in [2.45, 2.75) is 0 Å². The topological polar surface area (TPSA) is 84.7 Å². The van der Waals surface area contributed by atoms with Gasteiger partial charge in [-0.05, 0) is 17.7 Å². The number of benzene rings is 1. The summed E-state index contributed by atoms with van der Waals surface area (Å²) in [6.07, 6.45) is 10.9. The van der Waals surface area contributed by atoms with Gasteiger partial charge in [0.25, 0.3) is 0 Å². The summed E-state index contributed by atoms with van der Waals surface area (Å²) in [6, 6.07) is 4.16. The Morgan fingerprint density at radius 3 is 2.57 bits per heavy atom. The maximum atomic E-state index is 4.71. The minimum absolute atomic E-state index is 0.810. The Balaban J connectivity index is 1.59. The van der Waals surface area contributed by atoms with Crippen molar-refractivity contribution < 1.29 is 0 Å². The summed E-state index contributed by atoms with van der Waals surface area (Å²) in [5.41, 5.74) is 4.73. The molecule has 140 valence electrons. The number of nitrogens with zero attached hydrogens (tertiary/aromatic N) is 7. The molecule has 1 fully saturated rings. The number of aromatic nitrogens is 6. The zero-order chi connectivity index (χ0) is 18.9. The smallest absolute Gasteiger partial charge is 0.147 e. The third kappa shape index (κ3) is 3.07. The van der Waals surface area contributed by atoms with Gasteiger partial charge in [0.15, 0.2) is 0 Å². The summed E-state index contributed by atoms with van der Waals surface area (Å²) in [4.78, 5) is 20.3. The van der Waals surface area contributed by atoms with Gasteiger partial charge in [0.05, 0.1) is 29.8 Å². The first kappa shape index (κ1) is 16.8. The maximum Gasteiger partial charge on any atom is 0.147 e. The summed E-state index contributed by atoms with van der Waals surface area (Å²) in [6.45, 7) is 3.83. The molecule has 0 atom stereocenters. The minimum atomic E-state index is 0.810. The molecule has 1 N–H and O–H groups in total. The molecule has 28 heavy (non-hydrogen) atoms. The van der Waals surface area contributed by atoms with E-state index in [-0.39, 0.29) is 0 Å². The van der Waals surface area contributed by atoms with E-state index in [9.17, 15) is 0 Å². The van der Waals surface area contributed by atoms with Crippen LogP contribution in [0, 0.1) is 0 Å². The molecular weight excluding hydrogens is 352 g/mol. The van der Waals surface area contributed by atoms with Crippen LogP contribution in [0.5, 0.6) is 0 Å². The van der Waals surface area contributed by atoms with Crippen LogP contribution in [0.2, 0.25) is 0 Å². The number of piperazine rings is 1. The van der Waals surface area contributed by atoms with E-state index in [4.69, 9.17) is 4.98 Å². The number of aryl methyl sites for hydroxylation is 1. The highest BCUT2D eigenvalue weighted by Gasteiger charge is 2.14. The molecule has 0 aliphatic carbocycles. The first-order valence-electron chi connectivity index (χ1n) is 9.29. The van der Waals surface area contributed by atoms with Crippen molar-refractivity contribution in [1.29, 1.82) is 0 Å². The normalized spacial score (nSPS) is 14.5. The molecule has 0 unspecified atom stereocenters. The van der Waals surface area contributed by atoms with E-state index < -0.39 is 0 Å². The van der Waals surface area contributed by atoms with Crippen LogP contribution in [0.4, 0.5) is 5.82 Å². The highest BCUT2D eigenvalue weighted by Crippen LogP contribution is 2.32. The second-order valence-electron chi connectivity index (χ2n) is 6.88.